The summed E-state index contributed by atoms with van der Waals surface area (Å²) in [6.45, 7) is 5.64. The molecule has 0 aliphatic carbocycles. The molecule has 1 unspecified atom stereocenters. The Kier molecular flexibility index (Phi) is 6.33. The molecule has 0 bridgehead atoms. The smallest absolute Gasteiger partial charge is 0.241 e. The van der Waals surface area contributed by atoms with Crippen molar-refractivity contribution in [2.45, 2.75) is 37.6 Å². The lowest BCUT2D eigenvalue weighted by atomic mass is 10.0. The molecule has 1 amide bonds. The summed E-state index contributed by atoms with van der Waals surface area (Å²) in [5.41, 5.74) is 2.02. The predicted octanol–water partition coefficient (Wildman–Crippen LogP) is 2.97. The van der Waals surface area contributed by atoms with Crippen molar-refractivity contribution in [1.29, 1.82) is 0 Å². The molecule has 0 radical (unpaired) electrons. The van der Waals surface area contributed by atoms with E-state index in [1.807, 2.05) is 51.1 Å². The zero-order chi connectivity index (χ0) is 18.4. The van der Waals surface area contributed by atoms with E-state index in [-0.39, 0.29) is 23.4 Å². The normalized spacial score (nSPS) is 12.8. The van der Waals surface area contributed by atoms with Crippen LogP contribution >= 0.6 is 0 Å². The molecule has 6 heteroatoms. The highest BCUT2D eigenvalue weighted by Crippen LogP contribution is 2.17. The van der Waals surface area contributed by atoms with E-state index >= 15 is 0 Å². The van der Waals surface area contributed by atoms with Gasteiger partial charge in [0.15, 0.2) is 0 Å². The zero-order valence-corrected chi connectivity index (χ0v) is 15.5. The van der Waals surface area contributed by atoms with Gasteiger partial charge in [-0.05, 0) is 36.1 Å². The van der Waals surface area contributed by atoms with E-state index in [1.54, 1.807) is 24.3 Å². The summed E-state index contributed by atoms with van der Waals surface area (Å²) >= 11 is 0. The number of rotatable bonds is 7. The maximum atomic E-state index is 12.3. The Bertz CT molecular complexity index is 800. The van der Waals surface area contributed by atoms with Crippen molar-refractivity contribution >= 4 is 15.9 Å². The summed E-state index contributed by atoms with van der Waals surface area (Å²) in [4.78, 5) is 12.2. The van der Waals surface area contributed by atoms with Gasteiger partial charge in [-0.15, -0.1) is 0 Å². The molecule has 0 aromatic heterocycles. The van der Waals surface area contributed by atoms with Crippen LogP contribution in [-0.4, -0.2) is 20.9 Å². The third kappa shape index (κ3) is 5.41. The lowest BCUT2D eigenvalue weighted by molar-refractivity contribution is -0.120. The topological polar surface area (TPSA) is 75.3 Å². The van der Waals surface area contributed by atoms with Crippen molar-refractivity contribution < 1.29 is 13.2 Å². The molecule has 25 heavy (non-hydrogen) atoms. The van der Waals surface area contributed by atoms with Gasteiger partial charge in [0.2, 0.25) is 15.9 Å². The molecule has 0 aliphatic heterocycles. The van der Waals surface area contributed by atoms with Gasteiger partial charge in [0.25, 0.3) is 0 Å². The Morgan fingerprint density at radius 2 is 1.52 bits per heavy atom. The Morgan fingerprint density at radius 1 is 0.920 bits per heavy atom. The van der Waals surface area contributed by atoms with Crippen molar-refractivity contribution in [3.63, 3.8) is 0 Å². The van der Waals surface area contributed by atoms with Gasteiger partial charge in [-0.1, -0.05) is 56.3 Å². The van der Waals surface area contributed by atoms with E-state index in [4.69, 9.17) is 0 Å². The molecule has 0 spiro atoms. The summed E-state index contributed by atoms with van der Waals surface area (Å²) in [7, 11) is -3.71. The van der Waals surface area contributed by atoms with E-state index in [2.05, 4.69) is 10.0 Å². The lowest BCUT2D eigenvalue weighted by Gasteiger charge is -2.15. The Morgan fingerprint density at radius 3 is 2.08 bits per heavy atom. The third-order valence-electron chi connectivity index (χ3n) is 3.96. The van der Waals surface area contributed by atoms with E-state index in [0.717, 1.165) is 11.1 Å². The summed E-state index contributed by atoms with van der Waals surface area (Å²) in [6.07, 6.45) is 0. The van der Waals surface area contributed by atoms with E-state index in [9.17, 15) is 13.2 Å². The lowest BCUT2D eigenvalue weighted by Crippen LogP contribution is -2.38. The van der Waals surface area contributed by atoms with Crippen LogP contribution in [0.25, 0.3) is 0 Å². The predicted molar refractivity (Wildman–Crippen MR) is 98.7 cm³/mol. The second kappa shape index (κ2) is 8.27. The molecule has 2 N–H and O–H groups in total. The van der Waals surface area contributed by atoms with Crippen molar-refractivity contribution in [3.05, 3.63) is 65.7 Å². The summed E-state index contributed by atoms with van der Waals surface area (Å²) in [5, 5.41) is 2.78. The fourth-order valence-electron chi connectivity index (χ4n) is 2.39. The van der Waals surface area contributed by atoms with Gasteiger partial charge in [0.05, 0.1) is 17.5 Å². The Hall–Kier alpha value is -2.18. The molecule has 0 aliphatic rings. The SMILES string of the molecule is CC(C)c1ccc(S(=O)(=O)NCC(=O)NC(C)c2ccccc2)cc1. The molecule has 5 nitrogen and oxygen atoms in total. The first-order chi connectivity index (χ1) is 11.8. The first kappa shape index (κ1) is 19.1. The molecule has 2 aromatic carbocycles. The molecule has 0 saturated carbocycles. The summed E-state index contributed by atoms with van der Waals surface area (Å²) in [5.74, 6) is -0.0475. The molecule has 2 aromatic rings. The van der Waals surface area contributed by atoms with Crippen LogP contribution in [0.4, 0.5) is 0 Å². The van der Waals surface area contributed by atoms with Crippen molar-refractivity contribution in [3.8, 4) is 0 Å². The van der Waals surface area contributed by atoms with Gasteiger partial charge in [-0.2, -0.15) is 0 Å². The highest BCUT2D eigenvalue weighted by atomic mass is 32.2. The number of sulfonamides is 1. The molecule has 134 valence electrons. The molecule has 0 saturated heterocycles. The van der Waals surface area contributed by atoms with Gasteiger partial charge in [-0.25, -0.2) is 13.1 Å². The maximum absolute atomic E-state index is 12.3. The number of carbonyl (C=O) groups is 1. The molecule has 2 rings (SSSR count). The molecular weight excluding hydrogens is 336 g/mol. The Labute approximate surface area is 149 Å². The fourth-order valence-corrected chi connectivity index (χ4v) is 3.38. The minimum Gasteiger partial charge on any atom is -0.348 e. The minimum absolute atomic E-state index is 0.154. The second-order valence-electron chi connectivity index (χ2n) is 6.25. The number of hydrogen-bond acceptors (Lipinski definition) is 3. The average Bonchev–Trinajstić information content (AvgIpc) is 2.61. The van der Waals surface area contributed by atoms with Crippen LogP contribution in [0.5, 0.6) is 0 Å². The van der Waals surface area contributed by atoms with Crippen LogP contribution in [0, 0.1) is 0 Å². The van der Waals surface area contributed by atoms with Gasteiger partial charge in [0, 0.05) is 0 Å². The van der Waals surface area contributed by atoms with E-state index in [1.165, 1.54) is 0 Å². The molecular formula is C19H24N2O3S. The van der Waals surface area contributed by atoms with Crippen molar-refractivity contribution in [2.75, 3.05) is 6.54 Å². The van der Waals surface area contributed by atoms with Gasteiger partial charge in [0.1, 0.15) is 0 Å². The average molecular weight is 360 g/mol. The third-order valence-corrected chi connectivity index (χ3v) is 5.37. The highest BCUT2D eigenvalue weighted by Gasteiger charge is 2.17. The Balaban J connectivity index is 1.93. The fraction of sp³-hybridized carbons (Fsp3) is 0.316. The zero-order valence-electron chi connectivity index (χ0n) is 14.7. The van der Waals surface area contributed by atoms with Gasteiger partial charge < -0.3 is 5.32 Å². The van der Waals surface area contributed by atoms with E-state index < -0.39 is 10.0 Å². The quantitative estimate of drug-likeness (QED) is 0.797. The van der Waals surface area contributed by atoms with Crippen LogP contribution in [0.3, 0.4) is 0 Å². The first-order valence-corrected chi connectivity index (χ1v) is 9.72. The molecule has 0 fully saturated rings. The molecule has 1 atom stereocenters. The van der Waals surface area contributed by atoms with Crippen molar-refractivity contribution in [2.24, 2.45) is 0 Å². The largest absolute Gasteiger partial charge is 0.348 e. The molecule has 0 heterocycles. The number of hydrogen-bond donors (Lipinski definition) is 2. The monoisotopic (exact) mass is 360 g/mol. The van der Waals surface area contributed by atoms with Crippen LogP contribution in [0.1, 0.15) is 43.9 Å². The maximum Gasteiger partial charge on any atom is 0.241 e. The number of carbonyl (C=O) groups excluding carboxylic acids is 1. The summed E-state index contributed by atoms with van der Waals surface area (Å²) < 4.78 is 26.9. The second-order valence-corrected chi connectivity index (χ2v) is 8.02. The van der Waals surface area contributed by atoms with Crippen LogP contribution in [0.15, 0.2) is 59.5 Å². The standard InChI is InChI=1S/C19H24N2O3S/c1-14(2)16-9-11-18(12-10-16)25(23,24)20-13-19(22)21-15(3)17-7-5-4-6-8-17/h4-12,14-15,20H,13H2,1-3H3,(H,21,22). The highest BCUT2D eigenvalue weighted by molar-refractivity contribution is 7.89. The number of benzene rings is 2. The number of nitrogens with one attached hydrogen (secondary N) is 2. The summed E-state index contributed by atoms with van der Waals surface area (Å²) in [6, 6.07) is 16.0. The number of amides is 1. The van der Waals surface area contributed by atoms with Crippen LogP contribution in [0.2, 0.25) is 0 Å². The van der Waals surface area contributed by atoms with Gasteiger partial charge in [-0.3, -0.25) is 4.79 Å². The minimum atomic E-state index is -3.71. The first-order valence-electron chi connectivity index (χ1n) is 8.23. The van der Waals surface area contributed by atoms with Gasteiger partial charge >= 0.3 is 0 Å². The van der Waals surface area contributed by atoms with Crippen LogP contribution < -0.4 is 10.0 Å². The van der Waals surface area contributed by atoms with Crippen LogP contribution in [-0.2, 0) is 14.8 Å². The van der Waals surface area contributed by atoms with E-state index in [0.29, 0.717) is 5.92 Å². The van der Waals surface area contributed by atoms with Crippen molar-refractivity contribution in [1.82, 2.24) is 10.0 Å².